The molecule has 0 aliphatic heterocycles. The van der Waals surface area contributed by atoms with Crippen LogP contribution in [0.2, 0.25) is 0 Å². The van der Waals surface area contributed by atoms with Gasteiger partial charge in [0.15, 0.2) is 0 Å². The molecule has 0 spiro atoms. The number of amides is 1. The third-order valence-electron chi connectivity index (χ3n) is 3.54. The van der Waals surface area contributed by atoms with E-state index in [1.165, 1.54) is 0 Å². The molecule has 124 valence electrons. The van der Waals surface area contributed by atoms with E-state index >= 15 is 0 Å². The zero-order valence-corrected chi connectivity index (χ0v) is 13.8. The monoisotopic (exact) mass is 317 g/mol. The van der Waals surface area contributed by atoms with E-state index in [1.54, 1.807) is 37.8 Å². The molecular formula is C17H23N3O3. The third-order valence-corrected chi connectivity index (χ3v) is 3.54. The maximum atomic E-state index is 12.3. The lowest BCUT2D eigenvalue weighted by atomic mass is 10.1. The highest BCUT2D eigenvalue weighted by atomic mass is 16.5. The van der Waals surface area contributed by atoms with Gasteiger partial charge in [0.2, 0.25) is 0 Å². The van der Waals surface area contributed by atoms with Crippen molar-refractivity contribution in [3.8, 4) is 5.75 Å². The maximum absolute atomic E-state index is 12.3. The van der Waals surface area contributed by atoms with Crippen LogP contribution in [-0.2, 0) is 10.3 Å². The van der Waals surface area contributed by atoms with Crippen LogP contribution in [0.4, 0.5) is 0 Å². The Morgan fingerprint density at radius 1 is 1.35 bits per heavy atom. The standard InChI is InChI=1S/C17H23N3O3/c1-17(2,20-8-7-18-13-20)12-19-16(21)14-5-4-6-15(11-14)23-10-9-22-3/h4-8,11,13H,9-10,12H2,1-3H3,(H,19,21). The minimum Gasteiger partial charge on any atom is -0.491 e. The molecule has 2 aromatic rings. The maximum Gasteiger partial charge on any atom is 0.251 e. The normalized spacial score (nSPS) is 11.3. The second-order valence-electron chi connectivity index (χ2n) is 5.83. The average Bonchev–Trinajstić information content (AvgIpc) is 3.09. The van der Waals surface area contributed by atoms with Crippen LogP contribution >= 0.6 is 0 Å². The minimum atomic E-state index is -0.251. The van der Waals surface area contributed by atoms with Crippen LogP contribution in [-0.4, -0.2) is 42.3 Å². The van der Waals surface area contributed by atoms with E-state index in [2.05, 4.69) is 10.3 Å². The molecule has 1 amide bonds. The summed E-state index contributed by atoms with van der Waals surface area (Å²) in [5.74, 6) is 0.527. The molecule has 0 atom stereocenters. The third kappa shape index (κ3) is 4.82. The highest BCUT2D eigenvalue weighted by Crippen LogP contribution is 2.15. The molecule has 0 bridgehead atoms. The van der Waals surface area contributed by atoms with Crippen molar-refractivity contribution in [1.82, 2.24) is 14.9 Å². The second kappa shape index (κ2) is 7.78. The number of ether oxygens (including phenoxy) is 2. The predicted molar refractivity (Wildman–Crippen MR) is 87.7 cm³/mol. The van der Waals surface area contributed by atoms with Crippen LogP contribution < -0.4 is 10.1 Å². The largest absolute Gasteiger partial charge is 0.491 e. The predicted octanol–water partition coefficient (Wildman–Crippen LogP) is 2.07. The van der Waals surface area contributed by atoms with E-state index in [-0.39, 0.29) is 11.4 Å². The van der Waals surface area contributed by atoms with Gasteiger partial charge in [-0.05, 0) is 32.0 Å². The van der Waals surface area contributed by atoms with E-state index < -0.39 is 0 Å². The van der Waals surface area contributed by atoms with E-state index in [4.69, 9.17) is 9.47 Å². The van der Waals surface area contributed by atoms with E-state index in [0.717, 1.165) is 0 Å². The van der Waals surface area contributed by atoms with Crippen molar-refractivity contribution in [3.63, 3.8) is 0 Å². The summed E-state index contributed by atoms with van der Waals surface area (Å²) in [6.07, 6.45) is 5.36. The van der Waals surface area contributed by atoms with E-state index in [1.807, 2.05) is 30.7 Å². The molecule has 1 aromatic carbocycles. The molecular weight excluding hydrogens is 294 g/mol. The Bertz CT molecular complexity index is 624. The summed E-state index contributed by atoms with van der Waals surface area (Å²) in [5, 5.41) is 2.95. The first-order chi connectivity index (χ1) is 11.0. The highest BCUT2D eigenvalue weighted by molar-refractivity contribution is 5.94. The zero-order valence-electron chi connectivity index (χ0n) is 13.8. The lowest BCUT2D eigenvalue weighted by molar-refractivity contribution is 0.0937. The number of hydrogen-bond acceptors (Lipinski definition) is 4. The summed E-state index contributed by atoms with van der Waals surface area (Å²) < 4.78 is 12.4. The van der Waals surface area contributed by atoms with Gasteiger partial charge in [-0.2, -0.15) is 0 Å². The molecule has 0 unspecified atom stereocenters. The SMILES string of the molecule is COCCOc1cccc(C(=O)NCC(C)(C)n2ccnc2)c1. The van der Waals surface area contributed by atoms with Gasteiger partial charge >= 0.3 is 0 Å². The van der Waals surface area contributed by atoms with Crippen LogP contribution in [0.25, 0.3) is 0 Å². The Balaban J connectivity index is 1.94. The Kier molecular flexibility index (Phi) is 5.76. The van der Waals surface area contributed by atoms with Gasteiger partial charge < -0.3 is 19.4 Å². The lowest BCUT2D eigenvalue weighted by Gasteiger charge is -2.26. The highest BCUT2D eigenvalue weighted by Gasteiger charge is 2.20. The van der Waals surface area contributed by atoms with Crippen molar-refractivity contribution >= 4 is 5.91 Å². The van der Waals surface area contributed by atoms with Crippen LogP contribution in [0.1, 0.15) is 24.2 Å². The van der Waals surface area contributed by atoms with Gasteiger partial charge in [0.25, 0.3) is 5.91 Å². The Labute approximate surface area is 136 Å². The van der Waals surface area contributed by atoms with Crippen molar-refractivity contribution in [2.75, 3.05) is 26.9 Å². The molecule has 2 rings (SSSR count). The quantitative estimate of drug-likeness (QED) is 0.757. The molecule has 0 saturated heterocycles. The summed E-state index contributed by atoms with van der Waals surface area (Å²) in [6, 6.07) is 7.12. The summed E-state index contributed by atoms with van der Waals surface area (Å²) in [5.41, 5.74) is 0.319. The fraction of sp³-hybridized carbons (Fsp3) is 0.412. The number of imidazole rings is 1. The summed E-state index contributed by atoms with van der Waals surface area (Å²) in [6.45, 7) is 5.54. The van der Waals surface area contributed by atoms with Crippen LogP contribution in [0.5, 0.6) is 5.75 Å². The molecule has 23 heavy (non-hydrogen) atoms. The Morgan fingerprint density at radius 3 is 2.87 bits per heavy atom. The van der Waals surface area contributed by atoms with E-state index in [0.29, 0.717) is 31.1 Å². The second-order valence-corrected chi connectivity index (χ2v) is 5.83. The smallest absolute Gasteiger partial charge is 0.251 e. The molecule has 6 nitrogen and oxygen atoms in total. The topological polar surface area (TPSA) is 65.4 Å². The zero-order chi connectivity index (χ0) is 16.7. The number of rotatable bonds is 8. The number of carbonyl (C=O) groups excluding carboxylic acids is 1. The summed E-state index contributed by atoms with van der Waals surface area (Å²) in [4.78, 5) is 16.4. The van der Waals surface area contributed by atoms with Gasteiger partial charge in [-0.15, -0.1) is 0 Å². The number of hydrogen-bond donors (Lipinski definition) is 1. The van der Waals surface area contributed by atoms with Crippen molar-refractivity contribution in [3.05, 3.63) is 48.5 Å². The molecule has 0 saturated carbocycles. The van der Waals surface area contributed by atoms with Gasteiger partial charge in [0, 0.05) is 31.6 Å². The molecule has 0 radical (unpaired) electrons. The fourth-order valence-electron chi connectivity index (χ4n) is 2.08. The molecule has 1 N–H and O–H groups in total. The number of nitrogens with one attached hydrogen (secondary N) is 1. The molecule has 1 heterocycles. The van der Waals surface area contributed by atoms with Crippen molar-refractivity contribution < 1.29 is 14.3 Å². The van der Waals surface area contributed by atoms with Crippen molar-refractivity contribution in [2.24, 2.45) is 0 Å². The van der Waals surface area contributed by atoms with Crippen LogP contribution in [0, 0.1) is 0 Å². The Hall–Kier alpha value is -2.34. The number of aromatic nitrogens is 2. The molecule has 0 aliphatic rings. The van der Waals surface area contributed by atoms with Gasteiger partial charge in [0.05, 0.1) is 18.5 Å². The summed E-state index contributed by atoms with van der Waals surface area (Å²) in [7, 11) is 1.62. The van der Waals surface area contributed by atoms with Crippen LogP contribution in [0.3, 0.4) is 0 Å². The van der Waals surface area contributed by atoms with Crippen molar-refractivity contribution in [1.29, 1.82) is 0 Å². The first kappa shape index (κ1) is 17.0. The molecule has 0 fully saturated rings. The van der Waals surface area contributed by atoms with Gasteiger partial charge in [-0.25, -0.2) is 4.98 Å². The minimum absolute atomic E-state index is 0.129. The molecule has 6 heteroatoms. The fourth-order valence-corrected chi connectivity index (χ4v) is 2.08. The van der Waals surface area contributed by atoms with E-state index in [9.17, 15) is 4.79 Å². The number of methoxy groups -OCH3 is 1. The number of carbonyl (C=O) groups is 1. The average molecular weight is 317 g/mol. The molecule has 0 aliphatic carbocycles. The van der Waals surface area contributed by atoms with Gasteiger partial charge in [-0.1, -0.05) is 6.07 Å². The lowest BCUT2D eigenvalue weighted by Crippen LogP contribution is -2.40. The number of benzene rings is 1. The Morgan fingerprint density at radius 2 is 2.17 bits per heavy atom. The van der Waals surface area contributed by atoms with Crippen LogP contribution in [0.15, 0.2) is 43.0 Å². The first-order valence-electron chi connectivity index (χ1n) is 7.51. The van der Waals surface area contributed by atoms with Gasteiger partial charge in [-0.3, -0.25) is 4.79 Å². The van der Waals surface area contributed by atoms with Crippen molar-refractivity contribution in [2.45, 2.75) is 19.4 Å². The first-order valence-corrected chi connectivity index (χ1v) is 7.51. The number of nitrogens with zero attached hydrogens (tertiary/aromatic N) is 2. The van der Waals surface area contributed by atoms with Gasteiger partial charge in [0.1, 0.15) is 12.4 Å². The summed E-state index contributed by atoms with van der Waals surface area (Å²) >= 11 is 0. The molecule has 1 aromatic heterocycles.